The molecule has 1 N–H and O–H groups in total. The minimum absolute atomic E-state index is 0.000000000000000444. The summed E-state index contributed by atoms with van der Waals surface area (Å²) in [7, 11) is 1.64. The van der Waals surface area contributed by atoms with Gasteiger partial charge in [-0.3, -0.25) is 0 Å². The molecule has 0 aromatic carbocycles. The maximum atomic E-state index is 9.31. The number of hydrogen-bond donors (Lipinski definition) is 1. The van der Waals surface area contributed by atoms with Crippen molar-refractivity contribution in [2.45, 2.75) is 25.6 Å². The number of aliphatic hydroxyl groups excluding tert-OH is 1. The molecule has 0 spiro atoms. The monoisotopic (exact) mass is 164 g/mol. The fourth-order valence-electron chi connectivity index (χ4n) is 0.763. The molecule has 2 atom stereocenters. The van der Waals surface area contributed by atoms with Gasteiger partial charge in [0.25, 0.3) is 0 Å². The van der Waals surface area contributed by atoms with Gasteiger partial charge < -0.3 is 9.84 Å². The van der Waals surface area contributed by atoms with E-state index in [2.05, 4.69) is 0 Å². The number of aliphatic hydroxyl groups is 1. The van der Waals surface area contributed by atoms with E-state index in [0.29, 0.717) is 0 Å². The van der Waals surface area contributed by atoms with Gasteiger partial charge in [0, 0.05) is 12.9 Å². The first-order valence-electron chi connectivity index (χ1n) is 3.46. The number of ether oxygens (including phenoxy) is 1. The van der Waals surface area contributed by atoms with Crippen LogP contribution in [0.5, 0.6) is 0 Å². The first-order chi connectivity index (χ1) is 4.76. The predicted octanol–water partition coefficient (Wildman–Crippen LogP) is 1.14. The molecule has 0 fully saturated rings. The average Bonchev–Trinajstić information content (AvgIpc) is 1.99. The highest BCUT2D eigenvalue weighted by Crippen LogP contribution is 2.07. The van der Waals surface area contributed by atoms with Gasteiger partial charge in [0.2, 0.25) is 0 Å². The van der Waals surface area contributed by atoms with Gasteiger partial charge in [-0.1, -0.05) is 6.92 Å². The normalized spacial score (nSPS) is 16.8. The van der Waals surface area contributed by atoms with Crippen molar-refractivity contribution < 1.29 is 9.84 Å². The summed E-state index contributed by atoms with van der Waals surface area (Å²) in [5.74, 6) is 0.867. The molecule has 0 heterocycles. The molecule has 0 saturated carbocycles. The summed E-state index contributed by atoms with van der Waals surface area (Å²) in [4.78, 5) is 0. The van der Waals surface area contributed by atoms with Crippen LogP contribution in [0.4, 0.5) is 0 Å². The van der Waals surface area contributed by atoms with Gasteiger partial charge in [-0.15, -0.1) is 0 Å². The summed E-state index contributed by atoms with van der Waals surface area (Å²) in [6.07, 6.45) is 2.46. The van der Waals surface area contributed by atoms with Gasteiger partial charge in [0.05, 0.1) is 12.2 Å². The van der Waals surface area contributed by atoms with Crippen molar-refractivity contribution in [1.82, 2.24) is 0 Å². The quantitative estimate of drug-likeness (QED) is 0.660. The summed E-state index contributed by atoms with van der Waals surface area (Å²) in [5, 5.41) is 9.31. The molecule has 0 rings (SSSR count). The van der Waals surface area contributed by atoms with E-state index in [-0.39, 0.29) is 12.2 Å². The first-order valence-corrected chi connectivity index (χ1v) is 4.85. The molecule has 0 aliphatic carbocycles. The predicted molar refractivity (Wildman–Crippen MR) is 45.5 cm³/mol. The third kappa shape index (κ3) is 3.44. The number of hydrogen-bond acceptors (Lipinski definition) is 3. The van der Waals surface area contributed by atoms with Gasteiger partial charge in [-0.25, -0.2) is 0 Å². The van der Waals surface area contributed by atoms with E-state index < -0.39 is 0 Å². The molecule has 0 bridgehead atoms. The molecular weight excluding hydrogens is 148 g/mol. The summed E-state index contributed by atoms with van der Waals surface area (Å²) >= 11 is 1.69. The highest BCUT2D eigenvalue weighted by molar-refractivity contribution is 7.98. The van der Waals surface area contributed by atoms with Crippen molar-refractivity contribution >= 4 is 11.8 Å². The molecule has 0 aliphatic heterocycles. The van der Waals surface area contributed by atoms with Crippen molar-refractivity contribution in [3.8, 4) is 0 Å². The topological polar surface area (TPSA) is 29.5 Å². The molecule has 0 saturated heterocycles. The lowest BCUT2D eigenvalue weighted by atomic mass is 10.2. The highest BCUT2D eigenvalue weighted by Gasteiger charge is 2.15. The highest BCUT2D eigenvalue weighted by atomic mass is 32.2. The Morgan fingerprint density at radius 2 is 2.20 bits per heavy atom. The van der Waals surface area contributed by atoms with Crippen LogP contribution in [0, 0.1) is 0 Å². The van der Waals surface area contributed by atoms with Crippen molar-refractivity contribution in [1.29, 1.82) is 0 Å². The summed E-state index contributed by atoms with van der Waals surface area (Å²) in [6.45, 7) is 1.96. The van der Waals surface area contributed by atoms with E-state index in [1.165, 1.54) is 0 Å². The van der Waals surface area contributed by atoms with Gasteiger partial charge >= 0.3 is 0 Å². The minimum atomic E-state index is -0.308. The van der Waals surface area contributed by atoms with Crippen LogP contribution in [0.3, 0.4) is 0 Å². The Bertz CT molecular complexity index is 78.0. The average molecular weight is 164 g/mol. The lowest BCUT2D eigenvalue weighted by Crippen LogP contribution is -2.29. The van der Waals surface area contributed by atoms with Crippen LogP contribution in [0.1, 0.15) is 13.3 Å². The second-order valence-electron chi connectivity index (χ2n) is 2.21. The molecule has 2 nitrogen and oxygen atoms in total. The van der Waals surface area contributed by atoms with Gasteiger partial charge in [-0.05, 0) is 12.7 Å². The molecule has 0 aromatic heterocycles. The summed E-state index contributed by atoms with van der Waals surface area (Å²) in [5.41, 5.74) is 0. The number of thioether (sulfide) groups is 1. The first kappa shape index (κ1) is 10.3. The Labute approximate surface area is 67.0 Å². The van der Waals surface area contributed by atoms with E-state index >= 15 is 0 Å². The van der Waals surface area contributed by atoms with Crippen LogP contribution in [0.2, 0.25) is 0 Å². The van der Waals surface area contributed by atoms with Crippen molar-refractivity contribution in [2.75, 3.05) is 19.1 Å². The second-order valence-corrected chi connectivity index (χ2v) is 3.12. The van der Waals surface area contributed by atoms with Crippen LogP contribution in [-0.4, -0.2) is 36.4 Å². The number of rotatable bonds is 5. The van der Waals surface area contributed by atoms with Gasteiger partial charge in [0.1, 0.15) is 0 Å². The number of methoxy groups -OCH3 is 1. The molecule has 0 aliphatic rings. The van der Waals surface area contributed by atoms with Crippen LogP contribution >= 0.6 is 11.8 Å². The van der Waals surface area contributed by atoms with Crippen LogP contribution in [-0.2, 0) is 4.74 Å². The van der Waals surface area contributed by atoms with Gasteiger partial charge in [0.15, 0.2) is 0 Å². The smallest absolute Gasteiger partial charge is 0.0919 e. The Hall–Kier alpha value is 0.270. The summed E-state index contributed by atoms with van der Waals surface area (Å²) in [6, 6.07) is 0. The maximum Gasteiger partial charge on any atom is 0.0919 e. The second kappa shape index (κ2) is 6.01. The van der Waals surface area contributed by atoms with Crippen LogP contribution < -0.4 is 0 Å². The van der Waals surface area contributed by atoms with E-state index in [1.54, 1.807) is 18.9 Å². The Morgan fingerprint density at radius 1 is 1.60 bits per heavy atom. The largest absolute Gasteiger partial charge is 0.390 e. The third-order valence-electron chi connectivity index (χ3n) is 1.48. The molecular formula is C7H16O2S. The molecule has 3 heteroatoms. The van der Waals surface area contributed by atoms with Crippen molar-refractivity contribution in [2.24, 2.45) is 0 Å². The fourth-order valence-corrected chi connectivity index (χ4v) is 1.45. The summed E-state index contributed by atoms with van der Waals surface area (Å²) < 4.78 is 5.07. The molecule has 0 aromatic rings. The van der Waals surface area contributed by atoms with Crippen LogP contribution in [0.15, 0.2) is 0 Å². The fraction of sp³-hybridized carbons (Fsp3) is 1.00. The van der Waals surface area contributed by atoms with E-state index in [9.17, 15) is 5.11 Å². The van der Waals surface area contributed by atoms with Gasteiger partial charge in [-0.2, -0.15) is 11.8 Å². The SMILES string of the molecule is CCC(O)C(CSC)OC. The zero-order valence-electron chi connectivity index (χ0n) is 6.83. The van der Waals surface area contributed by atoms with E-state index in [4.69, 9.17) is 4.74 Å². The zero-order valence-corrected chi connectivity index (χ0v) is 7.65. The molecule has 62 valence electrons. The molecule has 10 heavy (non-hydrogen) atoms. The van der Waals surface area contributed by atoms with Crippen molar-refractivity contribution in [3.05, 3.63) is 0 Å². The molecule has 2 unspecified atom stereocenters. The minimum Gasteiger partial charge on any atom is -0.390 e. The Kier molecular flexibility index (Phi) is 6.17. The van der Waals surface area contributed by atoms with E-state index in [0.717, 1.165) is 12.2 Å². The Balaban J connectivity index is 3.56. The standard InChI is InChI=1S/C7H16O2S/c1-4-6(8)7(9-2)5-10-3/h6-8H,4-5H2,1-3H3. The zero-order chi connectivity index (χ0) is 7.98. The van der Waals surface area contributed by atoms with Crippen LogP contribution in [0.25, 0.3) is 0 Å². The molecule has 0 radical (unpaired) electrons. The third-order valence-corrected chi connectivity index (χ3v) is 2.14. The lowest BCUT2D eigenvalue weighted by Gasteiger charge is -2.18. The maximum absolute atomic E-state index is 9.31. The Morgan fingerprint density at radius 3 is 2.50 bits per heavy atom. The molecule has 0 amide bonds. The lowest BCUT2D eigenvalue weighted by molar-refractivity contribution is 0.00128. The van der Waals surface area contributed by atoms with Crippen molar-refractivity contribution in [3.63, 3.8) is 0 Å². The van der Waals surface area contributed by atoms with E-state index in [1.807, 2.05) is 13.2 Å².